The average molecular weight is 412 g/mol. The fourth-order valence-electron chi connectivity index (χ4n) is 3.63. The molecule has 0 radical (unpaired) electrons. The molecular weight excluding hydrogens is 386 g/mol. The van der Waals surface area contributed by atoms with E-state index in [1.165, 1.54) is 24.6 Å². The van der Waals surface area contributed by atoms with Gasteiger partial charge in [-0.25, -0.2) is 0 Å². The van der Waals surface area contributed by atoms with Crippen LogP contribution in [0.5, 0.6) is 0 Å². The van der Waals surface area contributed by atoms with Crippen molar-refractivity contribution in [1.82, 2.24) is 14.8 Å². The largest absolute Gasteiger partial charge is 0.469 e. The molecule has 3 aromatic rings. The van der Waals surface area contributed by atoms with E-state index in [1.807, 2.05) is 42.7 Å². The van der Waals surface area contributed by atoms with Crippen LogP contribution in [0.3, 0.4) is 0 Å². The first kappa shape index (κ1) is 19.6. The lowest BCUT2D eigenvalue weighted by atomic mass is 10.2. The second-order valence-electron chi connectivity index (χ2n) is 6.99. The van der Waals surface area contributed by atoms with Crippen molar-refractivity contribution in [3.05, 3.63) is 42.4 Å². The summed E-state index contributed by atoms with van der Waals surface area (Å²) in [5.74, 6) is 1.80. The maximum Gasteiger partial charge on any atom is 0.234 e. The van der Waals surface area contributed by atoms with Gasteiger partial charge in [0.15, 0.2) is 11.0 Å². The van der Waals surface area contributed by atoms with E-state index in [2.05, 4.69) is 26.5 Å². The van der Waals surface area contributed by atoms with Crippen LogP contribution in [0, 0.1) is 6.92 Å². The number of furan rings is 1. The van der Waals surface area contributed by atoms with Crippen LogP contribution in [0.15, 0.2) is 46.2 Å². The van der Waals surface area contributed by atoms with Crippen molar-refractivity contribution >= 4 is 29.0 Å². The van der Waals surface area contributed by atoms with Crippen LogP contribution in [0.25, 0.3) is 11.4 Å². The Morgan fingerprint density at radius 2 is 2.00 bits per heavy atom. The van der Waals surface area contributed by atoms with Crippen LogP contribution < -0.4 is 10.2 Å². The van der Waals surface area contributed by atoms with Crippen molar-refractivity contribution in [2.75, 3.05) is 29.1 Å². The van der Waals surface area contributed by atoms with Crippen LogP contribution in [0.2, 0.25) is 0 Å². The van der Waals surface area contributed by atoms with Gasteiger partial charge in [0.1, 0.15) is 5.76 Å². The second kappa shape index (κ2) is 8.73. The van der Waals surface area contributed by atoms with Gasteiger partial charge in [-0.3, -0.25) is 4.79 Å². The molecule has 152 valence electrons. The van der Waals surface area contributed by atoms with E-state index in [0.29, 0.717) is 6.54 Å². The fourth-order valence-corrected chi connectivity index (χ4v) is 4.43. The molecule has 0 atom stereocenters. The highest BCUT2D eigenvalue weighted by atomic mass is 32.2. The van der Waals surface area contributed by atoms with E-state index in [9.17, 15) is 4.79 Å². The molecule has 0 saturated carbocycles. The van der Waals surface area contributed by atoms with Crippen LogP contribution in [-0.2, 0) is 11.3 Å². The molecule has 1 aliphatic rings. The standard InChI is InChI=1S/C21H25N5O2S/c1-3-26-20(16-10-13-28-15(16)2)23-24-21(26)29-14-19(27)22-17-8-4-5-9-18(17)25-11-6-7-12-25/h4-5,8-10,13H,3,6-7,11-12,14H2,1-2H3,(H,22,27). The Balaban J connectivity index is 1.43. The summed E-state index contributed by atoms with van der Waals surface area (Å²) in [5, 5.41) is 12.4. The molecule has 4 rings (SSSR count). The van der Waals surface area contributed by atoms with Gasteiger partial charge < -0.3 is 19.2 Å². The highest BCUT2D eigenvalue weighted by Crippen LogP contribution is 2.30. The van der Waals surface area contributed by atoms with Gasteiger partial charge in [0.05, 0.1) is 29.0 Å². The van der Waals surface area contributed by atoms with E-state index in [0.717, 1.165) is 46.8 Å². The Bertz CT molecular complexity index is 991. The van der Waals surface area contributed by atoms with Gasteiger partial charge in [-0.05, 0) is 44.9 Å². The Morgan fingerprint density at radius 3 is 2.72 bits per heavy atom. The van der Waals surface area contributed by atoms with E-state index in [1.54, 1.807) is 6.26 Å². The monoisotopic (exact) mass is 411 g/mol. The third-order valence-corrected chi connectivity index (χ3v) is 6.06. The average Bonchev–Trinajstić information content (AvgIpc) is 3.47. The minimum absolute atomic E-state index is 0.0478. The molecule has 1 aliphatic heterocycles. The van der Waals surface area contributed by atoms with Crippen LogP contribution in [0.4, 0.5) is 11.4 Å². The Kier molecular flexibility index (Phi) is 5.89. The number of anilines is 2. The quantitative estimate of drug-likeness (QED) is 0.587. The van der Waals surface area contributed by atoms with Crippen LogP contribution in [0.1, 0.15) is 25.5 Å². The molecule has 3 heterocycles. The van der Waals surface area contributed by atoms with Crippen molar-refractivity contribution < 1.29 is 9.21 Å². The molecule has 29 heavy (non-hydrogen) atoms. The number of nitrogens with zero attached hydrogens (tertiary/aromatic N) is 4. The summed E-state index contributed by atoms with van der Waals surface area (Å²) in [4.78, 5) is 14.9. The zero-order valence-corrected chi connectivity index (χ0v) is 17.5. The lowest BCUT2D eigenvalue weighted by Gasteiger charge is -2.21. The van der Waals surface area contributed by atoms with E-state index in [4.69, 9.17) is 4.42 Å². The number of hydrogen-bond acceptors (Lipinski definition) is 6. The molecule has 1 saturated heterocycles. The molecule has 2 aromatic heterocycles. The molecule has 7 nitrogen and oxygen atoms in total. The minimum atomic E-state index is -0.0478. The summed E-state index contributed by atoms with van der Waals surface area (Å²) >= 11 is 1.39. The molecule has 0 unspecified atom stereocenters. The summed E-state index contributed by atoms with van der Waals surface area (Å²) in [6, 6.07) is 9.89. The predicted molar refractivity (Wildman–Crippen MR) is 115 cm³/mol. The Labute approximate surface area is 174 Å². The zero-order chi connectivity index (χ0) is 20.2. The number of nitrogens with one attached hydrogen (secondary N) is 1. The minimum Gasteiger partial charge on any atom is -0.469 e. The highest BCUT2D eigenvalue weighted by molar-refractivity contribution is 7.99. The molecule has 0 bridgehead atoms. The van der Waals surface area contributed by atoms with E-state index < -0.39 is 0 Å². The first-order valence-corrected chi connectivity index (χ1v) is 10.9. The van der Waals surface area contributed by atoms with Gasteiger partial charge >= 0.3 is 0 Å². The maximum absolute atomic E-state index is 12.6. The van der Waals surface area contributed by atoms with Gasteiger partial charge in [0, 0.05) is 19.6 Å². The molecular formula is C21H25N5O2S. The van der Waals surface area contributed by atoms with Crippen molar-refractivity contribution in [3.63, 3.8) is 0 Å². The first-order chi connectivity index (χ1) is 14.2. The molecule has 1 amide bonds. The third kappa shape index (κ3) is 4.17. The number of para-hydroxylation sites is 2. The molecule has 0 aliphatic carbocycles. The number of carbonyl (C=O) groups is 1. The summed E-state index contributed by atoms with van der Waals surface area (Å²) in [6.45, 7) is 6.74. The molecule has 1 aromatic carbocycles. The third-order valence-electron chi connectivity index (χ3n) is 5.09. The smallest absolute Gasteiger partial charge is 0.234 e. The lowest BCUT2D eigenvalue weighted by molar-refractivity contribution is -0.113. The summed E-state index contributed by atoms with van der Waals surface area (Å²) in [6.07, 6.45) is 4.05. The summed E-state index contributed by atoms with van der Waals surface area (Å²) in [7, 11) is 0. The number of aromatic nitrogens is 3. The molecule has 0 spiro atoms. The number of hydrogen-bond donors (Lipinski definition) is 1. The Hall–Kier alpha value is -2.74. The van der Waals surface area contributed by atoms with Gasteiger partial charge in [-0.1, -0.05) is 23.9 Å². The van der Waals surface area contributed by atoms with E-state index >= 15 is 0 Å². The summed E-state index contributed by atoms with van der Waals surface area (Å²) in [5.41, 5.74) is 2.89. The SMILES string of the molecule is CCn1c(SCC(=O)Nc2ccccc2N2CCCC2)nnc1-c1ccoc1C. The number of aryl methyl sites for hydroxylation is 1. The number of carbonyl (C=O) groups excluding carboxylic acids is 1. The molecule has 1 N–H and O–H groups in total. The second-order valence-corrected chi connectivity index (χ2v) is 7.93. The van der Waals surface area contributed by atoms with Gasteiger partial charge in [-0.2, -0.15) is 0 Å². The van der Waals surface area contributed by atoms with Gasteiger partial charge in [0.2, 0.25) is 5.91 Å². The van der Waals surface area contributed by atoms with Crippen LogP contribution in [-0.4, -0.2) is 39.5 Å². The number of benzene rings is 1. The van der Waals surface area contributed by atoms with Gasteiger partial charge in [-0.15, -0.1) is 10.2 Å². The van der Waals surface area contributed by atoms with Crippen molar-refractivity contribution in [1.29, 1.82) is 0 Å². The van der Waals surface area contributed by atoms with Crippen molar-refractivity contribution in [2.24, 2.45) is 0 Å². The first-order valence-electron chi connectivity index (χ1n) is 9.91. The summed E-state index contributed by atoms with van der Waals surface area (Å²) < 4.78 is 7.40. The maximum atomic E-state index is 12.6. The van der Waals surface area contributed by atoms with Crippen molar-refractivity contribution in [3.8, 4) is 11.4 Å². The van der Waals surface area contributed by atoms with E-state index in [-0.39, 0.29) is 11.7 Å². The molecule has 1 fully saturated rings. The predicted octanol–water partition coefficient (Wildman–Crippen LogP) is 4.20. The Morgan fingerprint density at radius 1 is 1.21 bits per heavy atom. The fraction of sp³-hybridized carbons (Fsp3) is 0.381. The number of rotatable bonds is 7. The zero-order valence-electron chi connectivity index (χ0n) is 16.7. The topological polar surface area (TPSA) is 76.2 Å². The number of thioether (sulfide) groups is 1. The highest BCUT2D eigenvalue weighted by Gasteiger charge is 2.19. The van der Waals surface area contributed by atoms with Crippen LogP contribution >= 0.6 is 11.8 Å². The normalized spacial score (nSPS) is 13.8. The molecule has 8 heteroatoms. The lowest BCUT2D eigenvalue weighted by Crippen LogP contribution is -2.21. The van der Waals surface area contributed by atoms with Crippen molar-refractivity contribution in [2.45, 2.75) is 38.4 Å². The van der Waals surface area contributed by atoms with Gasteiger partial charge in [0.25, 0.3) is 0 Å². The number of amides is 1.